The number of fused-ring (bicyclic) bond motifs is 3. The first-order valence-electron chi connectivity index (χ1n) is 10.9. The van der Waals surface area contributed by atoms with Crippen LogP contribution in [0.15, 0.2) is 29.4 Å². The quantitative estimate of drug-likeness (QED) is 0.382. The van der Waals surface area contributed by atoms with Crippen LogP contribution in [0.2, 0.25) is 0 Å². The van der Waals surface area contributed by atoms with E-state index in [4.69, 9.17) is 19.2 Å². The number of pyridine rings is 1. The summed E-state index contributed by atoms with van der Waals surface area (Å²) in [6, 6.07) is 3.88. The van der Waals surface area contributed by atoms with E-state index in [1.165, 1.54) is 5.56 Å². The van der Waals surface area contributed by atoms with E-state index in [-0.39, 0.29) is 24.5 Å². The van der Waals surface area contributed by atoms with Gasteiger partial charge in [-0.3, -0.25) is 4.79 Å². The average molecular weight is 451 g/mol. The van der Waals surface area contributed by atoms with Gasteiger partial charge in [0.1, 0.15) is 12.9 Å². The van der Waals surface area contributed by atoms with Crippen molar-refractivity contribution < 1.29 is 28.9 Å². The number of carbonyl (C=O) groups excluding carboxylic acids is 2. The molecule has 33 heavy (non-hydrogen) atoms. The number of hydrogen-bond acceptors (Lipinski definition) is 9. The lowest BCUT2D eigenvalue weighted by molar-refractivity contribution is -0.151. The Morgan fingerprint density at radius 2 is 2.06 bits per heavy atom. The summed E-state index contributed by atoms with van der Waals surface area (Å²) in [4.78, 5) is 30.5. The fourth-order valence-corrected chi connectivity index (χ4v) is 4.58. The summed E-state index contributed by atoms with van der Waals surface area (Å²) in [5.74, 6) is 0.607. The highest BCUT2D eigenvalue weighted by Gasteiger charge is 2.33. The molecule has 2 N–H and O–H groups in total. The Morgan fingerprint density at radius 3 is 2.82 bits per heavy atom. The van der Waals surface area contributed by atoms with Crippen molar-refractivity contribution in [3.63, 3.8) is 0 Å². The van der Waals surface area contributed by atoms with E-state index < -0.39 is 12.1 Å². The summed E-state index contributed by atoms with van der Waals surface area (Å²) in [6.07, 6.45) is 2.59. The normalized spacial score (nSPS) is 20.6. The highest BCUT2D eigenvalue weighted by atomic mass is 16.7. The number of aliphatic hydroxyl groups is 1. The number of ether oxygens (including phenoxy) is 3. The fourth-order valence-electron chi connectivity index (χ4n) is 4.58. The average Bonchev–Trinajstić information content (AvgIpc) is 3.39. The fraction of sp³-hybridized carbons (Fsp3) is 0.375. The molecule has 1 atom stereocenters. The van der Waals surface area contributed by atoms with Gasteiger partial charge in [-0.05, 0) is 44.1 Å². The molecule has 0 radical (unpaired) electrons. The molecule has 0 spiro atoms. The molecular formula is C24H25N3O6. The van der Waals surface area contributed by atoms with Gasteiger partial charge < -0.3 is 29.5 Å². The van der Waals surface area contributed by atoms with Crippen LogP contribution < -0.4 is 14.8 Å². The summed E-state index contributed by atoms with van der Waals surface area (Å²) in [5.41, 5.74) is 5.07. The molecule has 0 saturated heterocycles. The monoisotopic (exact) mass is 451 g/mol. The third-order valence-corrected chi connectivity index (χ3v) is 6.29. The van der Waals surface area contributed by atoms with E-state index in [1.54, 1.807) is 6.08 Å². The van der Waals surface area contributed by atoms with Crippen LogP contribution in [-0.4, -0.2) is 67.4 Å². The number of benzene rings is 1. The molecule has 1 aromatic heterocycles. The molecule has 2 aromatic rings. The minimum atomic E-state index is -1.51. The predicted molar refractivity (Wildman–Crippen MR) is 120 cm³/mol. The van der Waals surface area contributed by atoms with Crippen molar-refractivity contribution in [2.75, 3.05) is 34.0 Å². The van der Waals surface area contributed by atoms with Crippen LogP contribution >= 0.6 is 0 Å². The number of hydrogen-bond donors (Lipinski definition) is 2. The van der Waals surface area contributed by atoms with Crippen molar-refractivity contribution in [2.45, 2.75) is 25.5 Å². The third-order valence-electron chi connectivity index (χ3n) is 6.29. The minimum Gasteiger partial charge on any atom is -0.459 e. The van der Waals surface area contributed by atoms with E-state index in [9.17, 15) is 14.7 Å². The molecule has 0 bridgehead atoms. The zero-order chi connectivity index (χ0) is 23.1. The molecular weight excluding hydrogens is 426 g/mol. The van der Waals surface area contributed by atoms with Crippen LogP contribution in [0, 0.1) is 0 Å². The minimum absolute atomic E-state index is 0.154. The van der Waals surface area contributed by atoms with Crippen LogP contribution in [0.1, 0.15) is 23.2 Å². The maximum absolute atomic E-state index is 11.9. The van der Waals surface area contributed by atoms with E-state index >= 15 is 0 Å². The van der Waals surface area contributed by atoms with Gasteiger partial charge in [0.25, 0.3) is 0 Å². The van der Waals surface area contributed by atoms with Gasteiger partial charge >= 0.3 is 5.97 Å². The van der Waals surface area contributed by atoms with Crippen LogP contribution in [0.3, 0.4) is 0 Å². The van der Waals surface area contributed by atoms with E-state index in [0.29, 0.717) is 24.3 Å². The van der Waals surface area contributed by atoms with Crippen LogP contribution in [0.25, 0.3) is 16.6 Å². The molecule has 172 valence electrons. The van der Waals surface area contributed by atoms with Gasteiger partial charge in [-0.25, -0.2) is 9.78 Å². The summed E-state index contributed by atoms with van der Waals surface area (Å²) < 4.78 is 16.1. The van der Waals surface area contributed by atoms with Crippen molar-refractivity contribution in [3.8, 4) is 11.5 Å². The Kier molecular flexibility index (Phi) is 5.51. The number of nitrogens with one attached hydrogen (secondary N) is 1. The number of esters is 1. The van der Waals surface area contributed by atoms with Crippen molar-refractivity contribution in [1.82, 2.24) is 15.2 Å². The Balaban J connectivity index is 1.69. The lowest BCUT2D eigenvalue weighted by Gasteiger charge is -2.21. The Hall–Kier alpha value is -3.43. The molecule has 4 heterocycles. The van der Waals surface area contributed by atoms with Gasteiger partial charge in [0.05, 0.1) is 16.9 Å². The lowest BCUT2D eigenvalue weighted by Crippen LogP contribution is -2.32. The highest BCUT2D eigenvalue weighted by Crippen LogP contribution is 2.42. The van der Waals surface area contributed by atoms with Gasteiger partial charge in [-0.2, -0.15) is 0 Å². The van der Waals surface area contributed by atoms with Gasteiger partial charge in [0, 0.05) is 41.8 Å². The molecule has 3 aliphatic rings. The summed E-state index contributed by atoms with van der Waals surface area (Å²) in [5, 5.41) is 14.6. The molecule has 0 amide bonds. The van der Waals surface area contributed by atoms with Crippen LogP contribution in [0.4, 0.5) is 0 Å². The second kappa shape index (κ2) is 8.49. The van der Waals surface area contributed by atoms with Crippen molar-refractivity contribution >= 4 is 28.9 Å². The van der Waals surface area contributed by atoms with Crippen molar-refractivity contribution in [2.24, 2.45) is 0 Å². The summed E-state index contributed by atoms with van der Waals surface area (Å²) in [7, 11) is 3.86. The number of rotatable bonds is 6. The standard InChI is InChI=1S/C24H25N3O6/c1-25-5-3-4-14-16-7-20-21(33-12-32-20)8-18(16)26-22-17(14)9-27(2)19(22)6-15-13(10-28)11-31-24(30)23(15)29/h6-8,10,23,25,29H,3-5,9,11-12H2,1-2H3/b19-6-/t23-/m0/s1. The third kappa shape index (κ3) is 3.63. The summed E-state index contributed by atoms with van der Waals surface area (Å²) in [6.45, 7) is 1.53. The number of carbonyl (C=O) groups is 2. The Labute approximate surface area is 190 Å². The molecule has 0 aliphatic carbocycles. The summed E-state index contributed by atoms with van der Waals surface area (Å²) >= 11 is 0. The molecule has 0 fully saturated rings. The zero-order valence-corrected chi connectivity index (χ0v) is 18.5. The maximum atomic E-state index is 11.9. The molecule has 3 aliphatic heterocycles. The molecule has 9 nitrogen and oxygen atoms in total. The highest BCUT2D eigenvalue weighted by molar-refractivity contribution is 5.92. The first-order valence-corrected chi connectivity index (χ1v) is 10.9. The maximum Gasteiger partial charge on any atom is 0.340 e. The lowest BCUT2D eigenvalue weighted by atomic mass is 9.95. The molecule has 1 aromatic carbocycles. The van der Waals surface area contributed by atoms with Gasteiger partial charge in [0.2, 0.25) is 6.79 Å². The topological polar surface area (TPSA) is 110 Å². The first-order chi connectivity index (χ1) is 16.0. The Bertz CT molecular complexity index is 1220. The molecule has 5 rings (SSSR count). The van der Waals surface area contributed by atoms with Crippen molar-refractivity contribution in [1.29, 1.82) is 0 Å². The van der Waals surface area contributed by atoms with Gasteiger partial charge in [-0.1, -0.05) is 0 Å². The second-order valence-corrected chi connectivity index (χ2v) is 8.34. The van der Waals surface area contributed by atoms with E-state index in [0.717, 1.165) is 47.2 Å². The number of aliphatic hydroxyl groups excluding tert-OH is 1. The van der Waals surface area contributed by atoms with Crippen LogP contribution in [-0.2, 0) is 27.3 Å². The predicted octanol–water partition coefficient (Wildman–Crippen LogP) is 1.31. The van der Waals surface area contributed by atoms with Gasteiger partial charge in [0.15, 0.2) is 17.6 Å². The largest absolute Gasteiger partial charge is 0.459 e. The Morgan fingerprint density at radius 1 is 1.27 bits per heavy atom. The number of aldehydes is 1. The van der Waals surface area contributed by atoms with Crippen LogP contribution in [0.5, 0.6) is 11.5 Å². The SMILES string of the molecule is CNCCCc1c2c(nc3cc4c(cc13)OCO4)/C(=C/C1=C(C=O)COC(=O)[C@H]1O)N(C)C2. The van der Waals surface area contributed by atoms with Crippen molar-refractivity contribution in [3.05, 3.63) is 46.2 Å². The number of nitrogens with zero attached hydrogens (tertiary/aromatic N) is 2. The number of aryl methyl sites for hydroxylation is 1. The smallest absolute Gasteiger partial charge is 0.340 e. The number of aromatic nitrogens is 1. The zero-order valence-electron chi connectivity index (χ0n) is 18.5. The van der Waals surface area contributed by atoms with E-state index in [1.807, 2.05) is 31.1 Å². The van der Waals surface area contributed by atoms with Gasteiger partial charge in [-0.15, -0.1) is 0 Å². The second-order valence-electron chi connectivity index (χ2n) is 8.34. The molecule has 0 unspecified atom stereocenters. The molecule has 0 saturated carbocycles. The van der Waals surface area contributed by atoms with E-state index in [2.05, 4.69) is 5.32 Å². The molecule has 9 heteroatoms. The first kappa shape index (κ1) is 21.4. The number of cyclic esters (lactones) is 1.